The van der Waals surface area contributed by atoms with Gasteiger partial charge in [-0.1, -0.05) is 24.3 Å². The highest BCUT2D eigenvalue weighted by Gasteiger charge is 2.24. The molecule has 1 fully saturated rings. The van der Waals surface area contributed by atoms with E-state index in [-0.39, 0.29) is 39.7 Å². The van der Waals surface area contributed by atoms with Gasteiger partial charge in [-0.3, -0.25) is 9.59 Å². The Morgan fingerprint density at radius 3 is 2.32 bits per heavy atom. The summed E-state index contributed by atoms with van der Waals surface area (Å²) in [6, 6.07) is 16.6. The number of hydrogen-bond donors (Lipinski definition) is 1. The van der Waals surface area contributed by atoms with Crippen LogP contribution in [-0.2, 0) is 0 Å². The van der Waals surface area contributed by atoms with Crippen molar-refractivity contribution in [1.82, 2.24) is 4.90 Å². The number of rotatable bonds is 7. The van der Waals surface area contributed by atoms with E-state index in [9.17, 15) is 23.9 Å². The van der Waals surface area contributed by atoms with E-state index < -0.39 is 23.4 Å². The van der Waals surface area contributed by atoms with Crippen LogP contribution >= 0.6 is 0 Å². The summed E-state index contributed by atoms with van der Waals surface area (Å²) < 4.78 is 20.0. The molecule has 0 radical (unpaired) electrons. The summed E-state index contributed by atoms with van der Waals surface area (Å²) in [6.45, 7) is 3.30. The minimum atomic E-state index is -0.679. The van der Waals surface area contributed by atoms with Gasteiger partial charge in [0.25, 0.3) is 0 Å². The van der Waals surface area contributed by atoms with Gasteiger partial charge in [-0.05, 0) is 87.9 Å². The molecule has 0 unspecified atom stereocenters. The number of likely N-dealkylation sites (tertiary alicyclic amines) is 1. The second kappa shape index (κ2) is 11.3. The second-order valence-corrected chi connectivity index (χ2v) is 9.29. The maximum Gasteiger partial charge on any atom is 0.343 e. The molecule has 0 saturated carbocycles. The molecule has 1 saturated heterocycles. The molecular formula is C30H28FNO5. The number of carbonyl (C=O) groups is 3. The number of hydrogen-bond acceptors (Lipinski definition) is 6. The van der Waals surface area contributed by atoms with Gasteiger partial charge in [0.2, 0.25) is 0 Å². The van der Waals surface area contributed by atoms with Crippen molar-refractivity contribution >= 4 is 17.5 Å². The second-order valence-electron chi connectivity index (χ2n) is 9.29. The summed E-state index contributed by atoms with van der Waals surface area (Å²) in [7, 11) is 1.99. The Morgan fingerprint density at radius 1 is 0.946 bits per heavy atom. The van der Waals surface area contributed by atoms with Gasteiger partial charge in [-0.2, -0.15) is 0 Å². The third kappa shape index (κ3) is 6.19. The Morgan fingerprint density at radius 2 is 1.65 bits per heavy atom. The standard InChI is InChI=1S/C30H28FNO5/c1-19-8-10-23(25(31)16-19)29(35)22-9-11-28(37-30(36)21-6-4-3-5-7-21)24(17-22)27(34)18-26(33)20-12-14-32(2)15-13-20/h3-11,16-18,20,33H,12-15H2,1-2H3/b26-18+. The highest BCUT2D eigenvalue weighted by atomic mass is 19.1. The first-order valence-corrected chi connectivity index (χ1v) is 12.1. The van der Waals surface area contributed by atoms with E-state index in [4.69, 9.17) is 4.74 Å². The van der Waals surface area contributed by atoms with Crippen LogP contribution in [0.4, 0.5) is 4.39 Å². The molecule has 1 N–H and O–H groups in total. The summed E-state index contributed by atoms with van der Waals surface area (Å²) in [5, 5.41) is 10.7. The van der Waals surface area contributed by atoms with Crippen LogP contribution in [0.3, 0.4) is 0 Å². The maximum atomic E-state index is 14.5. The highest BCUT2D eigenvalue weighted by molar-refractivity contribution is 6.13. The van der Waals surface area contributed by atoms with Crippen LogP contribution in [0.1, 0.15) is 55.0 Å². The molecule has 0 bridgehead atoms. The average Bonchev–Trinajstić information content (AvgIpc) is 2.89. The number of ether oxygens (including phenoxy) is 1. The number of nitrogens with zero attached hydrogens (tertiary/aromatic N) is 1. The fourth-order valence-electron chi connectivity index (χ4n) is 4.28. The predicted molar refractivity (Wildman–Crippen MR) is 138 cm³/mol. The van der Waals surface area contributed by atoms with Crippen LogP contribution in [-0.4, -0.2) is 47.7 Å². The molecular weight excluding hydrogens is 473 g/mol. The Bertz CT molecular complexity index is 1360. The van der Waals surface area contributed by atoms with E-state index in [1.54, 1.807) is 43.3 Å². The van der Waals surface area contributed by atoms with Crippen molar-refractivity contribution in [3.63, 3.8) is 0 Å². The lowest BCUT2D eigenvalue weighted by atomic mass is 9.93. The van der Waals surface area contributed by atoms with E-state index in [2.05, 4.69) is 4.90 Å². The van der Waals surface area contributed by atoms with E-state index >= 15 is 0 Å². The molecule has 190 valence electrons. The number of carbonyl (C=O) groups excluding carboxylic acids is 3. The molecule has 1 aliphatic rings. The molecule has 3 aromatic carbocycles. The monoisotopic (exact) mass is 501 g/mol. The molecule has 0 aliphatic carbocycles. The molecule has 0 atom stereocenters. The molecule has 0 amide bonds. The normalized spacial score (nSPS) is 14.8. The van der Waals surface area contributed by atoms with Crippen LogP contribution in [0.15, 0.2) is 78.6 Å². The first-order valence-electron chi connectivity index (χ1n) is 12.1. The highest BCUT2D eigenvalue weighted by Crippen LogP contribution is 2.27. The average molecular weight is 502 g/mol. The summed E-state index contributed by atoms with van der Waals surface area (Å²) in [6.07, 6.45) is 2.52. The zero-order valence-corrected chi connectivity index (χ0v) is 20.7. The number of benzene rings is 3. The molecule has 0 aromatic heterocycles. The van der Waals surface area contributed by atoms with E-state index in [1.807, 2.05) is 7.05 Å². The largest absolute Gasteiger partial charge is 0.512 e. The maximum absolute atomic E-state index is 14.5. The van der Waals surface area contributed by atoms with Gasteiger partial charge >= 0.3 is 5.97 Å². The summed E-state index contributed by atoms with van der Waals surface area (Å²) in [5.74, 6) is -2.87. The number of allylic oxidation sites excluding steroid dienone is 2. The first-order chi connectivity index (χ1) is 17.7. The summed E-state index contributed by atoms with van der Waals surface area (Å²) in [4.78, 5) is 41.2. The lowest BCUT2D eigenvalue weighted by Gasteiger charge is -2.28. The molecule has 3 aromatic rings. The molecule has 1 aliphatic heterocycles. The van der Waals surface area contributed by atoms with E-state index in [0.29, 0.717) is 18.4 Å². The molecule has 7 heteroatoms. The lowest BCUT2D eigenvalue weighted by molar-refractivity contribution is 0.0733. The van der Waals surface area contributed by atoms with Gasteiger partial charge < -0.3 is 14.7 Å². The van der Waals surface area contributed by atoms with Crippen molar-refractivity contribution in [3.8, 4) is 5.75 Å². The Balaban J connectivity index is 1.69. The predicted octanol–water partition coefficient (Wildman–Crippen LogP) is 5.55. The van der Waals surface area contributed by atoms with Crippen molar-refractivity contribution in [2.24, 2.45) is 5.92 Å². The number of piperidine rings is 1. The van der Waals surface area contributed by atoms with Crippen LogP contribution in [0.5, 0.6) is 5.75 Å². The third-order valence-corrected chi connectivity index (χ3v) is 6.50. The zero-order valence-electron chi connectivity index (χ0n) is 20.7. The number of aliphatic hydroxyl groups excluding tert-OH is 1. The van der Waals surface area contributed by atoms with Crippen LogP contribution in [0, 0.1) is 18.7 Å². The Labute approximate surface area is 215 Å². The molecule has 37 heavy (non-hydrogen) atoms. The number of ketones is 2. The number of halogens is 1. The smallest absolute Gasteiger partial charge is 0.343 e. The van der Waals surface area contributed by atoms with Crippen molar-refractivity contribution in [2.75, 3.05) is 20.1 Å². The van der Waals surface area contributed by atoms with Gasteiger partial charge in [0.15, 0.2) is 11.6 Å². The fourth-order valence-corrected chi connectivity index (χ4v) is 4.28. The Hall–Kier alpha value is -4.10. The topological polar surface area (TPSA) is 83.9 Å². The zero-order chi connectivity index (χ0) is 26.5. The van der Waals surface area contributed by atoms with Gasteiger partial charge in [-0.25, -0.2) is 9.18 Å². The van der Waals surface area contributed by atoms with Crippen LogP contribution in [0.25, 0.3) is 0 Å². The third-order valence-electron chi connectivity index (χ3n) is 6.50. The minimum absolute atomic E-state index is 0.0535. The van der Waals surface area contributed by atoms with Crippen molar-refractivity contribution in [1.29, 1.82) is 0 Å². The molecule has 0 spiro atoms. The van der Waals surface area contributed by atoms with Gasteiger partial charge in [-0.15, -0.1) is 0 Å². The number of aliphatic hydroxyl groups is 1. The number of aryl methyl sites for hydroxylation is 1. The molecule has 4 rings (SSSR count). The van der Waals surface area contributed by atoms with Crippen LogP contribution < -0.4 is 4.74 Å². The number of esters is 1. The minimum Gasteiger partial charge on any atom is -0.512 e. The Kier molecular flexibility index (Phi) is 7.94. The fraction of sp³-hybridized carbons (Fsp3) is 0.233. The summed E-state index contributed by atoms with van der Waals surface area (Å²) >= 11 is 0. The van der Waals surface area contributed by atoms with E-state index in [0.717, 1.165) is 19.2 Å². The van der Waals surface area contributed by atoms with Gasteiger partial charge in [0.05, 0.1) is 22.4 Å². The first kappa shape index (κ1) is 26.0. The van der Waals surface area contributed by atoms with Crippen LogP contribution in [0.2, 0.25) is 0 Å². The van der Waals surface area contributed by atoms with Crippen molar-refractivity contribution in [3.05, 3.63) is 112 Å². The molecule has 1 heterocycles. The quantitative estimate of drug-likeness (QED) is 0.150. The molecule has 6 nitrogen and oxygen atoms in total. The van der Waals surface area contributed by atoms with Crippen molar-refractivity contribution in [2.45, 2.75) is 19.8 Å². The van der Waals surface area contributed by atoms with Crippen molar-refractivity contribution < 1.29 is 28.6 Å². The lowest BCUT2D eigenvalue weighted by Crippen LogP contribution is -2.31. The van der Waals surface area contributed by atoms with Gasteiger partial charge in [0, 0.05) is 17.6 Å². The summed E-state index contributed by atoms with van der Waals surface area (Å²) in [5.41, 5.74) is 0.790. The SMILES string of the molecule is Cc1ccc(C(=O)c2ccc(OC(=O)c3ccccc3)c(C(=O)/C=C(/O)C3CCN(C)CC3)c2)c(F)c1. The van der Waals surface area contributed by atoms with Gasteiger partial charge in [0.1, 0.15) is 11.6 Å². The van der Waals surface area contributed by atoms with E-state index in [1.165, 1.54) is 30.3 Å².